The maximum atomic E-state index is 13.7. The number of carbonyl (C=O) groups is 1. The van der Waals surface area contributed by atoms with E-state index in [9.17, 15) is 18.3 Å². The van der Waals surface area contributed by atoms with Crippen LogP contribution in [0.5, 0.6) is 5.75 Å². The third-order valence-electron chi connectivity index (χ3n) is 7.69. The lowest BCUT2D eigenvalue weighted by Crippen LogP contribution is -2.52. The molecule has 3 atom stereocenters. The molecular formula is C30H41N3O5S. The summed E-state index contributed by atoms with van der Waals surface area (Å²) < 4.78 is 35.2. The molecule has 0 aromatic heterocycles. The number of aliphatic hydroxyl groups excluding tert-OH is 1. The molecule has 1 fully saturated rings. The van der Waals surface area contributed by atoms with Crippen LogP contribution in [0.15, 0.2) is 53.4 Å². The van der Waals surface area contributed by atoms with Crippen molar-refractivity contribution in [2.45, 2.75) is 69.0 Å². The highest BCUT2D eigenvalue weighted by atomic mass is 32.2. The van der Waals surface area contributed by atoms with Crippen LogP contribution in [0.3, 0.4) is 0 Å². The van der Waals surface area contributed by atoms with Gasteiger partial charge in [-0.2, -0.15) is 4.31 Å². The van der Waals surface area contributed by atoms with Crippen LogP contribution in [-0.4, -0.2) is 73.7 Å². The second-order valence-corrected chi connectivity index (χ2v) is 12.7. The van der Waals surface area contributed by atoms with Crippen molar-refractivity contribution in [2.75, 3.05) is 26.7 Å². The number of likely N-dealkylation sites (N-methyl/N-ethyl adjacent to an activating group) is 1. The van der Waals surface area contributed by atoms with E-state index < -0.39 is 22.2 Å². The molecule has 0 unspecified atom stereocenters. The first-order chi connectivity index (χ1) is 18.7. The second kappa shape index (κ2) is 13.0. The van der Waals surface area contributed by atoms with E-state index in [1.165, 1.54) is 10.7 Å². The Morgan fingerprint density at radius 1 is 1.13 bits per heavy atom. The van der Waals surface area contributed by atoms with E-state index in [2.05, 4.69) is 5.32 Å². The molecule has 1 aliphatic carbocycles. The minimum Gasteiger partial charge on any atom is -0.487 e. The first-order valence-corrected chi connectivity index (χ1v) is 15.3. The molecule has 2 aliphatic rings. The van der Waals surface area contributed by atoms with Gasteiger partial charge in [0, 0.05) is 31.6 Å². The Morgan fingerprint density at radius 2 is 1.82 bits per heavy atom. The third kappa shape index (κ3) is 7.21. The minimum atomic E-state index is -3.93. The number of benzene rings is 2. The molecule has 4 rings (SSSR count). The summed E-state index contributed by atoms with van der Waals surface area (Å²) in [6.07, 6.45) is 8.88. The first-order valence-electron chi connectivity index (χ1n) is 13.9. The van der Waals surface area contributed by atoms with Crippen molar-refractivity contribution in [1.29, 1.82) is 0 Å². The third-order valence-corrected chi connectivity index (χ3v) is 9.71. The summed E-state index contributed by atoms with van der Waals surface area (Å²) >= 11 is 0. The second-order valence-electron chi connectivity index (χ2n) is 10.9. The average molecular weight is 556 g/mol. The Labute approximate surface area is 232 Å². The summed E-state index contributed by atoms with van der Waals surface area (Å²) in [5.74, 6) is 0.00774. The number of rotatable bonds is 7. The van der Waals surface area contributed by atoms with Gasteiger partial charge in [-0.05, 0) is 43.0 Å². The Morgan fingerprint density at radius 3 is 2.51 bits per heavy atom. The van der Waals surface area contributed by atoms with Crippen LogP contribution in [0.25, 0.3) is 12.2 Å². The maximum Gasteiger partial charge on any atom is 0.317 e. The monoisotopic (exact) mass is 555 g/mol. The summed E-state index contributed by atoms with van der Waals surface area (Å²) in [5, 5.41) is 13.0. The zero-order valence-electron chi connectivity index (χ0n) is 23.1. The van der Waals surface area contributed by atoms with Crippen LogP contribution in [-0.2, 0) is 10.0 Å². The van der Waals surface area contributed by atoms with E-state index in [-0.39, 0.29) is 41.8 Å². The number of fused-ring (bicyclic) bond motifs is 1. The number of amides is 2. The molecule has 0 bridgehead atoms. The zero-order chi connectivity index (χ0) is 28.0. The highest BCUT2D eigenvalue weighted by molar-refractivity contribution is 7.89. The van der Waals surface area contributed by atoms with E-state index in [4.69, 9.17) is 4.74 Å². The highest BCUT2D eigenvalue weighted by Crippen LogP contribution is 2.34. The van der Waals surface area contributed by atoms with Crippen molar-refractivity contribution in [1.82, 2.24) is 14.5 Å². The van der Waals surface area contributed by atoms with Crippen molar-refractivity contribution in [3.05, 3.63) is 59.7 Å². The molecule has 2 aromatic carbocycles. The standard InChI is InChI=1S/C30H41N3O5S/c1-22-19-33(23(2)21-34)39(36,37)29-17-16-25(15-14-24-10-6-4-7-11-24)18-27(29)38-28(22)20-32(3)30(35)31-26-12-8-5-9-13-26/h4,6-7,10-11,14-18,22-23,26,28,34H,5,8-9,12-13,19-21H2,1-3H3,(H,31,35)/b15-14+/t22-,23+,28-/m0/s1. The van der Waals surface area contributed by atoms with E-state index in [0.717, 1.165) is 36.8 Å². The molecule has 2 amide bonds. The average Bonchev–Trinajstić information content (AvgIpc) is 2.94. The lowest BCUT2D eigenvalue weighted by Gasteiger charge is -2.37. The van der Waals surface area contributed by atoms with Crippen LogP contribution >= 0.6 is 0 Å². The number of aliphatic hydroxyl groups is 1. The van der Waals surface area contributed by atoms with Gasteiger partial charge < -0.3 is 20.1 Å². The molecule has 2 N–H and O–H groups in total. The van der Waals surface area contributed by atoms with Crippen molar-refractivity contribution in [2.24, 2.45) is 5.92 Å². The van der Waals surface area contributed by atoms with Crippen LogP contribution in [0.1, 0.15) is 57.1 Å². The molecule has 0 spiro atoms. The summed E-state index contributed by atoms with van der Waals surface area (Å²) in [6.45, 7) is 3.79. The lowest BCUT2D eigenvalue weighted by atomic mass is 9.96. The largest absolute Gasteiger partial charge is 0.487 e. The van der Waals surface area contributed by atoms with Crippen LogP contribution in [0.2, 0.25) is 0 Å². The van der Waals surface area contributed by atoms with E-state index in [1.54, 1.807) is 37.1 Å². The van der Waals surface area contributed by atoms with Gasteiger partial charge in [0.1, 0.15) is 16.7 Å². The van der Waals surface area contributed by atoms with Gasteiger partial charge in [-0.15, -0.1) is 0 Å². The van der Waals surface area contributed by atoms with Crippen molar-refractivity contribution >= 4 is 28.2 Å². The Hall–Kier alpha value is -2.88. The molecule has 1 aliphatic heterocycles. The van der Waals surface area contributed by atoms with E-state index >= 15 is 0 Å². The van der Waals surface area contributed by atoms with Gasteiger partial charge >= 0.3 is 6.03 Å². The number of hydrogen-bond acceptors (Lipinski definition) is 5. The van der Waals surface area contributed by atoms with E-state index in [0.29, 0.717) is 6.54 Å². The lowest BCUT2D eigenvalue weighted by molar-refractivity contribution is 0.0806. The first kappa shape index (κ1) is 29.1. The summed E-state index contributed by atoms with van der Waals surface area (Å²) in [6, 6.07) is 14.4. The fourth-order valence-corrected chi connectivity index (χ4v) is 7.03. The van der Waals surface area contributed by atoms with Crippen molar-refractivity contribution in [3.8, 4) is 5.75 Å². The van der Waals surface area contributed by atoms with Crippen LogP contribution in [0, 0.1) is 5.92 Å². The number of ether oxygens (including phenoxy) is 1. The molecule has 8 nitrogen and oxygen atoms in total. The van der Waals surface area contributed by atoms with Gasteiger partial charge in [0.05, 0.1) is 13.2 Å². The molecule has 9 heteroatoms. The van der Waals surface area contributed by atoms with Crippen molar-refractivity contribution < 1.29 is 23.1 Å². The van der Waals surface area contributed by atoms with Crippen molar-refractivity contribution in [3.63, 3.8) is 0 Å². The number of sulfonamides is 1. The molecular weight excluding hydrogens is 514 g/mol. The SMILES string of the molecule is C[C@H](CO)N1C[C@H](C)[C@H](CN(C)C(=O)NC2CCCCC2)Oc2cc(/C=C/c3ccccc3)ccc2S1(=O)=O. The molecule has 212 valence electrons. The number of hydrogen-bond donors (Lipinski definition) is 2. The summed E-state index contributed by atoms with van der Waals surface area (Å²) in [5.41, 5.74) is 1.82. The highest BCUT2D eigenvalue weighted by Gasteiger charge is 2.38. The molecule has 39 heavy (non-hydrogen) atoms. The normalized spacial score (nSPS) is 22.8. The Kier molecular flexibility index (Phi) is 9.69. The summed E-state index contributed by atoms with van der Waals surface area (Å²) in [7, 11) is -2.18. The number of nitrogens with one attached hydrogen (secondary N) is 1. The minimum absolute atomic E-state index is 0.0610. The number of nitrogens with zero attached hydrogens (tertiary/aromatic N) is 2. The molecule has 0 radical (unpaired) electrons. The van der Waals surface area contributed by atoms with Crippen LogP contribution in [0.4, 0.5) is 4.79 Å². The Balaban J connectivity index is 1.62. The predicted molar refractivity (Wildman–Crippen MR) is 154 cm³/mol. The zero-order valence-corrected chi connectivity index (χ0v) is 23.9. The fourth-order valence-electron chi connectivity index (χ4n) is 5.20. The molecule has 2 aromatic rings. The van der Waals surface area contributed by atoms with E-state index in [1.807, 2.05) is 49.4 Å². The topological polar surface area (TPSA) is 99.2 Å². The molecule has 1 saturated carbocycles. The van der Waals surface area contributed by atoms with Gasteiger partial charge in [0.2, 0.25) is 10.0 Å². The smallest absolute Gasteiger partial charge is 0.317 e. The van der Waals surface area contributed by atoms with Crippen LogP contribution < -0.4 is 10.1 Å². The quantitative estimate of drug-likeness (QED) is 0.487. The maximum absolute atomic E-state index is 13.7. The van der Waals surface area contributed by atoms with Gasteiger partial charge in [0.15, 0.2) is 0 Å². The van der Waals surface area contributed by atoms with Gasteiger partial charge in [-0.25, -0.2) is 13.2 Å². The van der Waals surface area contributed by atoms with Gasteiger partial charge in [0.25, 0.3) is 0 Å². The fraction of sp³-hybridized carbons (Fsp3) is 0.500. The molecule has 1 heterocycles. The summed E-state index contributed by atoms with van der Waals surface area (Å²) in [4.78, 5) is 14.7. The Bertz CT molecular complexity index is 1240. The predicted octanol–water partition coefficient (Wildman–Crippen LogP) is 4.60. The number of urea groups is 1. The number of carbonyl (C=O) groups excluding carboxylic acids is 1. The van der Waals surface area contributed by atoms with Gasteiger partial charge in [-0.1, -0.05) is 74.7 Å². The molecule has 0 saturated heterocycles. The van der Waals surface area contributed by atoms with Gasteiger partial charge in [-0.3, -0.25) is 0 Å².